The lowest BCUT2D eigenvalue weighted by atomic mass is 9.98. The zero-order valence-corrected chi connectivity index (χ0v) is 12.4. The first-order valence-electron chi connectivity index (χ1n) is 7.50. The largest absolute Gasteiger partial charge is 0.264 e. The molecule has 23 heavy (non-hydrogen) atoms. The number of hydrogen-bond acceptors (Lipinski definition) is 1. The van der Waals surface area contributed by atoms with Gasteiger partial charge in [-0.3, -0.25) is 4.98 Å². The molecule has 0 radical (unpaired) electrons. The summed E-state index contributed by atoms with van der Waals surface area (Å²) < 4.78 is 13.1. The highest BCUT2D eigenvalue weighted by Gasteiger charge is 2.03. The maximum absolute atomic E-state index is 13.1. The summed E-state index contributed by atoms with van der Waals surface area (Å²) in [6.07, 6.45) is 3.65. The summed E-state index contributed by atoms with van der Waals surface area (Å²) in [4.78, 5) is 4.17. The molecule has 0 unspecified atom stereocenters. The lowest BCUT2D eigenvalue weighted by Crippen LogP contribution is -1.82. The minimum absolute atomic E-state index is 0.212. The number of rotatable bonds is 2. The van der Waals surface area contributed by atoms with Gasteiger partial charge in [-0.05, 0) is 57.8 Å². The Kier molecular flexibility index (Phi) is 3.35. The molecule has 0 saturated heterocycles. The SMILES string of the molecule is Fc1ccc(-c2ccc3cc(-c4cccnc4)ccc3c2)cc1. The molecular formula is C21H14FN. The van der Waals surface area contributed by atoms with Crippen molar-refractivity contribution in [3.63, 3.8) is 0 Å². The Labute approximate surface area is 134 Å². The lowest BCUT2D eigenvalue weighted by Gasteiger charge is -2.07. The molecule has 0 N–H and O–H groups in total. The molecule has 0 aliphatic heterocycles. The number of nitrogens with zero attached hydrogens (tertiary/aromatic N) is 1. The molecule has 4 aromatic rings. The molecule has 0 saturated carbocycles. The van der Waals surface area contributed by atoms with Crippen molar-refractivity contribution in [3.05, 3.63) is 91.0 Å². The highest BCUT2D eigenvalue weighted by molar-refractivity contribution is 5.90. The van der Waals surface area contributed by atoms with Gasteiger partial charge in [0.15, 0.2) is 0 Å². The maximum Gasteiger partial charge on any atom is 0.123 e. The fraction of sp³-hybridized carbons (Fsp3) is 0. The number of pyridine rings is 1. The van der Waals surface area contributed by atoms with Crippen LogP contribution in [0.5, 0.6) is 0 Å². The molecule has 0 aliphatic rings. The van der Waals surface area contributed by atoms with E-state index in [0.717, 1.165) is 22.3 Å². The fourth-order valence-electron chi connectivity index (χ4n) is 2.78. The van der Waals surface area contributed by atoms with E-state index >= 15 is 0 Å². The molecule has 4 rings (SSSR count). The summed E-state index contributed by atoms with van der Waals surface area (Å²) in [6.45, 7) is 0. The molecular weight excluding hydrogens is 285 g/mol. The summed E-state index contributed by atoms with van der Waals surface area (Å²) in [5.41, 5.74) is 4.37. The van der Waals surface area contributed by atoms with Crippen molar-refractivity contribution in [1.29, 1.82) is 0 Å². The number of benzene rings is 3. The van der Waals surface area contributed by atoms with Crippen LogP contribution in [0, 0.1) is 5.82 Å². The van der Waals surface area contributed by atoms with Gasteiger partial charge in [-0.25, -0.2) is 4.39 Å². The molecule has 110 valence electrons. The minimum Gasteiger partial charge on any atom is -0.264 e. The van der Waals surface area contributed by atoms with Crippen LogP contribution in [0.15, 0.2) is 85.2 Å². The third-order valence-electron chi connectivity index (χ3n) is 4.01. The standard InChI is InChI=1S/C21H14FN/c22-21-9-7-15(8-10-21)16-3-4-18-13-19(6-5-17(18)12-16)20-2-1-11-23-14-20/h1-14H. The normalized spacial score (nSPS) is 10.8. The molecule has 0 bridgehead atoms. The van der Waals surface area contributed by atoms with Gasteiger partial charge in [-0.2, -0.15) is 0 Å². The molecule has 0 amide bonds. The van der Waals surface area contributed by atoms with E-state index in [0.29, 0.717) is 0 Å². The molecule has 1 nitrogen and oxygen atoms in total. The first-order valence-corrected chi connectivity index (χ1v) is 7.50. The second kappa shape index (κ2) is 5.65. The van der Waals surface area contributed by atoms with E-state index in [9.17, 15) is 4.39 Å². The molecule has 1 heterocycles. The Balaban J connectivity index is 1.77. The second-order valence-electron chi connectivity index (χ2n) is 5.53. The van der Waals surface area contributed by atoms with Gasteiger partial charge < -0.3 is 0 Å². The predicted octanol–water partition coefficient (Wildman–Crippen LogP) is 5.71. The van der Waals surface area contributed by atoms with Crippen molar-refractivity contribution in [1.82, 2.24) is 4.98 Å². The fourth-order valence-corrected chi connectivity index (χ4v) is 2.78. The first-order chi connectivity index (χ1) is 11.3. The van der Waals surface area contributed by atoms with Crippen LogP contribution in [0.2, 0.25) is 0 Å². The monoisotopic (exact) mass is 299 g/mol. The predicted molar refractivity (Wildman–Crippen MR) is 92.6 cm³/mol. The highest BCUT2D eigenvalue weighted by atomic mass is 19.1. The summed E-state index contributed by atoms with van der Waals surface area (Å²) in [5, 5.41) is 2.34. The minimum atomic E-state index is -0.212. The van der Waals surface area contributed by atoms with Crippen LogP contribution in [0.4, 0.5) is 4.39 Å². The van der Waals surface area contributed by atoms with Crippen molar-refractivity contribution in [3.8, 4) is 22.3 Å². The molecule has 0 aliphatic carbocycles. The molecule has 0 atom stereocenters. The highest BCUT2D eigenvalue weighted by Crippen LogP contribution is 2.28. The van der Waals surface area contributed by atoms with Crippen LogP contribution in [0.1, 0.15) is 0 Å². The van der Waals surface area contributed by atoms with E-state index in [-0.39, 0.29) is 5.82 Å². The first kappa shape index (κ1) is 13.6. The summed E-state index contributed by atoms with van der Waals surface area (Å²) >= 11 is 0. The Bertz CT molecular complexity index is 960. The van der Waals surface area contributed by atoms with Gasteiger partial charge >= 0.3 is 0 Å². The van der Waals surface area contributed by atoms with Crippen molar-refractivity contribution >= 4 is 10.8 Å². The van der Waals surface area contributed by atoms with Crippen molar-refractivity contribution in [2.24, 2.45) is 0 Å². The number of hydrogen-bond donors (Lipinski definition) is 0. The quantitative estimate of drug-likeness (QED) is 0.462. The van der Waals surface area contributed by atoms with Crippen molar-refractivity contribution in [2.75, 3.05) is 0 Å². The Morgan fingerprint density at radius 2 is 1.22 bits per heavy atom. The van der Waals surface area contributed by atoms with Crippen LogP contribution in [0.3, 0.4) is 0 Å². The van der Waals surface area contributed by atoms with Gasteiger partial charge in [0, 0.05) is 18.0 Å². The zero-order valence-electron chi connectivity index (χ0n) is 12.4. The summed E-state index contributed by atoms with van der Waals surface area (Å²) in [6, 6.07) is 23.3. The third kappa shape index (κ3) is 2.71. The van der Waals surface area contributed by atoms with E-state index in [1.807, 2.05) is 12.3 Å². The number of halogens is 1. The van der Waals surface area contributed by atoms with Gasteiger partial charge in [0.1, 0.15) is 5.82 Å². The zero-order chi connectivity index (χ0) is 15.6. The van der Waals surface area contributed by atoms with Crippen LogP contribution in [-0.2, 0) is 0 Å². The van der Waals surface area contributed by atoms with E-state index in [1.165, 1.54) is 22.9 Å². The third-order valence-corrected chi connectivity index (χ3v) is 4.01. The summed E-state index contributed by atoms with van der Waals surface area (Å²) in [7, 11) is 0. The van der Waals surface area contributed by atoms with E-state index < -0.39 is 0 Å². The topological polar surface area (TPSA) is 12.9 Å². The van der Waals surface area contributed by atoms with Gasteiger partial charge in [0.2, 0.25) is 0 Å². The van der Waals surface area contributed by atoms with E-state index in [1.54, 1.807) is 18.3 Å². The Morgan fingerprint density at radius 3 is 1.83 bits per heavy atom. The van der Waals surface area contributed by atoms with Crippen LogP contribution in [-0.4, -0.2) is 4.98 Å². The molecule has 1 aromatic heterocycles. The van der Waals surface area contributed by atoms with Crippen molar-refractivity contribution in [2.45, 2.75) is 0 Å². The van der Waals surface area contributed by atoms with Crippen LogP contribution < -0.4 is 0 Å². The van der Waals surface area contributed by atoms with Gasteiger partial charge in [0.05, 0.1) is 0 Å². The number of aromatic nitrogens is 1. The van der Waals surface area contributed by atoms with Gasteiger partial charge in [0.25, 0.3) is 0 Å². The Hall–Kier alpha value is -3.00. The molecule has 2 heteroatoms. The average molecular weight is 299 g/mol. The van der Waals surface area contributed by atoms with E-state index in [2.05, 4.69) is 47.4 Å². The molecule has 3 aromatic carbocycles. The molecule has 0 fully saturated rings. The number of fused-ring (bicyclic) bond motifs is 1. The van der Waals surface area contributed by atoms with Gasteiger partial charge in [-0.1, -0.05) is 42.5 Å². The Morgan fingerprint density at radius 1 is 0.609 bits per heavy atom. The summed E-state index contributed by atoms with van der Waals surface area (Å²) in [5.74, 6) is -0.212. The molecule has 0 spiro atoms. The smallest absolute Gasteiger partial charge is 0.123 e. The maximum atomic E-state index is 13.1. The lowest BCUT2D eigenvalue weighted by molar-refractivity contribution is 0.628. The average Bonchev–Trinajstić information content (AvgIpc) is 2.62. The second-order valence-corrected chi connectivity index (χ2v) is 5.53. The van der Waals surface area contributed by atoms with Crippen LogP contribution in [0.25, 0.3) is 33.0 Å². The van der Waals surface area contributed by atoms with Crippen LogP contribution >= 0.6 is 0 Å². The van der Waals surface area contributed by atoms with Gasteiger partial charge in [-0.15, -0.1) is 0 Å². The van der Waals surface area contributed by atoms with E-state index in [4.69, 9.17) is 0 Å². The van der Waals surface area contributed by atoms with Crippen molar-refractivity contribution < 1.29 is 4.39 Å².